The van der Waals surface area contributed by atoms with Gasteiger partial charge in [0.05, 0.1) is 4.90 Å². The smallest absolute Gasteiger partial charge is 1.00 e. The van der Waals surface area contributed by atoms with Gasteiger partial charge < -0.3 is 1.43 Å². The Morgan fingerprint density at radius 3 is 2.15 bits per heavy atom. The summed E-state index contributed by atoms with van der Waals surface area (Å²) in [5.41, 5.74) is 0. The van der Waals surface area contributed by atoms with E-state index in [4.69, 9.17) is 0 Å². The Hall–Kier alpha value is 0.610. The minimum absolute atomic E-state index is 0. The van der Waals surface area contributed by atoms with Crippen LogP contribution in [0.3, 0.4) is 0 Å². The Morgan fingerprint density at radius 1 is 1.31 bits per heavy atom. The summed E-state index contributed by atoms with van der Waals surface area (Å²) in [6.07, 6.45) is 0. The Morgan fingerprint density at radius 2 is 1.77 bits per heavy atom. The van der Waals surface area contributed by atoms with Crippen LogP contribution in [0.5, 0.6) is 0 Å². The van der Waals surface area contributed by atoms with E-state index in [9.17, 15) is 8.42 Å². The number of nitrogens with one attached hydrogen (secondary N) is 1. The average molecular weight is 274 g/mol. The largest absolute Gasteiger partial charge is 1.00 e. The topological polar surface area (TPSA) is 46.2 Å². The van der Waals surface area contributed by atoms with Crippen LogP contribution in [-0.2, 0) is 10.0 Å². The van der Waals surface area contributed by atoms with E-state index in [2.05, 4.69) is 20.7 Å². The van der Waals surface area contributed by atoms with Gasteiger partial charge in [0, 0.05) is 4.47 Å². The summed E-state index contributed by atoms with van der Waals surface area (Å²) in [4.78, 5) is 0.271. The van der Waals surface area contributed by atoms with Gasteiger partial charge in [-0.25, -0.2) is 13.1 Å². The summed E-state index contributed by atoms with van der Waals surface area (Å²) < 4.78 is 25.5. The van der Waals surface area contributed by atoms with Crippen molar-refractivity contribution >= 4 is 26.0 Å². The van der Waals surface area contributed by atoms with E-state index in [1.54, 1.807) is 12.1 Å². The van der Waals surface area contributed by atoms with E-state index in [1.807, 2.05) is 0 Å². The molecule has 0 heterocycles. The number of hydrogen-bond acceptors (Lipinski definition) is 2. The molecular formula is C7H9BrNNaO2S. The molecule has 0 aliphatic rings. The number of rotatable bonds is 2. The van der Waals surface area contributed by atoms with Crippen molar-refractivity contribution in [3.63, 3.8) is 0 Å². The molecule has 0 atom stereocenters. The fourth-order valence-corrected chi connectivity index (χ4v) is 1.73. The summed E-state index contributed by atoms with van der Waals surface area (Å²) in [6, 6.07) is 6.44. The molecule has 0 fully saturated rings. The third-order valence-electron chi connectivity index (χ3n) is 1.39. The third kappa shape index (κ3) is 3.69. The van der Waals surface area contributed by atoms with Crippen molar-refractivity contribution < 1.29 is 39.4 Å². The average Bonchev–Trinajstić information content (AvgIpc) is 2.05. The maximum atomic E-state index is 11.2. The van der Waals surface area contributed by atoms with Crippen molar-refractivity contribution in [1.82, 2.24) is 4.72 Å². The molecule has 0 radical (unpaired) electrons. The molecule has 1 aromatic rings. The van der Waals surface area contributed by atoms with Gasteiger partial charge >= 0.3 is 29.6 Å². The molecule has 0 aliphatic heterocycles. The van der Waals surface area contributed by atoms with Crippen LogP contribution >= 0.6 is 15.9 Å². The summed E-state index contributed by atoms with van der Waals surface area (Å²) >= 11 is 3.22. The Bertz CT molecular complexity index is 368. The number of hydrogen-bond donors (Lipinski definition) is 1. The van der Waals surface area contributed by atoms with Crippen molar-refractivity contribution in [3.05, 3.63) is 28.7 Å². The molecule has 3 nitrogen and oxygen atoms in total. The Labute approximate surface area is 110 Å². The molecule has 0 bridgehead atoms. The van der Waals surface area contributed by atoms with Crippen LogP contribution in [0, 0.1) is 0 Å². The number of sulfonamides is 1. The van der Waals surface area contributed by atoms with Crippen LogP contribution < -0.4 is 34.3 Å². The minimum atomic E-state index is -3.29. The van der Waals surface area contributed by atoms with E-state index in [0.29, 0.717) is 0 Å². The molecule has 68 valence electrons. The van der Waals surface area contributed by atoms with Gasteiger partial charge in [-0.2, -0.15) is 0 Å². The molecule has 6 heteroatoms. The van der Waals surface area contributed by atoms with Crippen LogP contribution in [0.1, 0.15) is 1.43 Å². The van der Waals surface area contributed by atoms with E-state index in [0.717, 1.165) is 4.47 Å². The van der Waals surface area contributed by atoms with Crippen molar-refractivity contribution in [3.8, 4) is 0 Å². The fraction of sp³-hybridized carbons (Fsp3) is 0.143. The van der Waals surface area contributed by atoms with Crippen molar-refractivity contribution in [1.29, 1.82) is 0 Å². The molecule has 0 saturated carbocycles. The molecule has 0 aromatic heterocycles. The van der Waals surface area contributed by atoms with Gasteiger partial charge in [0.15, 0.2) is 0 Å². The van der Waals surface area contributed by atoms with Gasteiger partial charge in [-0.1, -0.05) is 15.9 Å². The molecule has 1 aromatic carbocycles. The van der Waals surface area contributed by atoms with Gasteiger partial charge in [-0.05, 0) is 31.3 Å². The molecule has 0 unspecified atom stereocenters. The maximum absolute atomic E-state index is 11.2. The first-order valence-electron chi connectivity index (χ1n) is 3.25. The summed E-state index contributed by atoms with van der Waals surface area (Å²) in [6.45, 7) is 0. The SMILES string of the molecule is CNS(=O)(=O)c1ccc(Br)cc1.[H-].[Na+]. The summed E-state index contributed by atoms with van der Waals surface area (Å²) in [5.74, 6) is 0. The standard InChI is InChI=1S/C7H8BrNO2S.Na.H/c1-9-12(10,11)7-4-2-6(8)3-5-7;;/h2-5,9H,1H3;;/q;+1;-1. The molecule has 0 spiro atoms. The second kappa shape index (κ2) is 5.48. The van der Waals surface area contributed by atoms with Gasteiger partial charge in [0.25, 0.3) is 0 Å². The van der Waals surface area contributed by atoms with Crippen LogP contribution in [-0.4, -0.2) is 15.5 Å². The first-order valence-corrected chi connectivity index (χ1v) is 5.53. The van der Waals surface area contributed by atoms with Crippen molar-refractivity contribution in [2.75, 3.05) is 7.05 Å². The van der Waals surface area contributed by atoms with Gasteiger partial charge in [-0.3, -0.25) is 0 Å². The second-order valence-corrected chi connectivity index (χ2v) is 4.96. The normalized spacial score (nSPS) is 10.6. The van der Waals surface area contributed by atoms with E-state index >= 15 is 0 Å². The van der Waals surface area contributed by atoms with Crippen LogP contribution in [0.15, 0.2) is 33.6 Å². The van der Waals surface area contributed by atoms with E-state index in [-0.39, 0.29) is 35.9 Å². The van der Waals surface area contributed by atoms with E-state index < -0.39 is 10.0 Å². The predicted molar refractivity (Wildman–Crippen MR) is 51.5 cm³/mol. The minimum Gasteiger partial charge on any atom is -1.00 e. The van der Waals surface area contributed by atoms with Crippen molar-refractivity contribution in [2.24, 2.45) is 0 Å². The quantitative estimate of drug-likeness (QED) is 0.665. The first-order chi connectivity index (χ1) is 5.56. The zero-order valence-electron chi connectivity index (χ0n) is 8.41. The molecule has 1 N–H and O–H groups in total. The summed E-state index contributed by atoms with van der Waals surface area (Å²) in [5, 5.41) is 0. The molecular weight excluding hydrogens is 265 g/mol. The van der Waals surface area contributed by atoms with Crippen molar-refractivity contribution in [2.45, 2.75) is 4.90 Å². The van der Waals surface area contributed by atoms with E-state index in [1.165, 1.54) is 19.2 Å². The van der Waals surface area contributed by atoms with Crippen LogP contribution in [0.2, 0.25) is 0 Å². The second-order valence-electron chi connectivity index (χ2n) is 2.16. The van der Waals surface area contributed by atoms with Gasteiger partial charge in [0.1, 0.15) is 0 Å². The predicted octanol–water partition coefficient (Wildman–Crippen LogP) is -1.53. The molecule has 0 aliphatic carbocycles. The zero-order valence-corrected chi connectivity index (χ0v) is 11.8. The number of benzene rings is 1. The molecule has 13 heavy (non-hydrogen) atoms. The zero-order chi connectivity index (χ0) is 9.19. The van der Waals surface area contributed by atoms with Gasteiger partial charge in [-0.15, -0.1) is 0 Å². The molecule has 0 amide bonds. The fourth-order valence-electron chi connectivity index (χ4n) is 0.732. The third-order valence-corrected chi connectivity index (χ3v) is 3.35. The molecule has 0 saturated heterocycles. The molecule has 1 rings (SSSR count). The van der Waals surface area contributed by atoms with Gasteiger partial charge in [0.2, 0.25) is 10.0 Å². The Kier molecular flexibility index (Phi) is 5.74. The maximum Gasteiger partial charge on any atom is 1.00 e. The summed E-state index contributed by atoms with van der Waals surface area (Å²) in [7, 11) is -1.90. The Balaban J connectivity index is 0. The monoisotopic (exact) mass is 273 g/mol. The number of halogens is 1. The van der Waals surface area contributed by atoms with Crippen LogP contribution in [0.25, 0.3) is 0 Å². The first kappa shape index (κ1) is 13.6. The van der Waals surface area contributed by atoms with Crippen LogP contribution in [0.4, 0.5) is 0 Å².